The van der Waals surface area contributed by atoms with Crippen molar-refractivity contribution in [3.05, 3.63) is 29.8 Å². The van der Waals surface area contributed by atoms with Gasteiger partial charge in [-0.15, -0.1) is 0 Å². The molecule has 1 fully saturated rings. The molecule has 0 aromatic heterocycles. The molecule has 0 atom stereocenters. The van der Waals surface area contributed by atoms with Gasteiger partial charge in [0.2, 0.25) is 10.0 Å². The van der Waals surface area contributed by atoms with Gasteiger partial charge in [-0.3, -0.25) is 9.69 Å². The van der Waals surface area contributed by atoms with Crippen LogP contribution in [0.3, 0.4) is 0 Å². The van der Waals surface area contributed by atoms with Crippen molar-refractivity contribution in [1.29, 1.82) is 0 Å². The summed E-state index contributed by atoms with van der Waals surface area (Å²) in [4.78, 5) is 16.6. The Hall–Kier alpha value is -1.49. The van der Waals surface area contributed by atoms with E-state index in [4.69, 9.17) is 0 Å². The first-order valence-electron chi connectivity index (χ1n) is 9.38. The molecule has 1 aromatic rings. The maximum absolute atomic E-state index is 12.8. The number of sulfone groups is 1. The smallest absolute Gasteiger partial charge is 0.253 e. The molecule has 1 saturated heterocycles. The second-order valence-corrected chi connectivity index (χ2v) is 11.1. The predicted octanol–water partition coefficient (Wildman–Crippen LogP) is 0.520. The molecule has 0 aliphatic carbocycles. The number of carbonyl (C=O) groups excluding carboxylic acids is 1. The van der Waals surface area contributed by atoms with E-state index in [-0.39, 0.29) is 16.6 Å². The third kappa shape index (κ3) is 5.76. The van der Waals surface area contributed by atoms with Crippen molar-refractivity contribution in [2.24, 2.45) is 0 Å². The molecule has 0 spiro atoms. The van der Waals surface area contributed by atoms with Crippen molar-refractivity contribution < 1.29 is 21.6 Å². The summed E-state index contributed by atoms with van der Waals surface area (Å²) in [5, 5.41) is 0. The van der Waals surface area contributed by atoms with Gasteiger partial charge >= 0.3 is 0 Å². The Balaban J connectivity index is 2.06. The lowest BCUT2D eigenvalue weighted by Crippen LogP contribution is -2.49. The Morgan fingerprint density at radius 2 is 1.64 bits per heavy atom. The summed E-state index contributed by atoms with van der Waals surface area (Å²) < 4.78 is 49.3. The lowest BCUT2D eigenvalue weighted by molar-refractivity contribution is 0.0644. The van der Waals surface area contributed by atoms with Gasteiger partial charge in [0.25, 0.3) is 5.91 Å². The van der Waals surface area contributed by atoms with E-state index in [9.17, 15) is 21.6 Å². The first-order valence-corrected chi connectivity index (χ1v) is 12.9. The SMILES string of the molecule is CCN(CC)S(=O)(=O)c1cccc(C(=O)N2CCN(CCS(C)(=O)=O)CC2)c1. The molecule has 0 radical (unpaired) electrons. The Kier molecular flexibility index (Phi) is 7.60. The number of piperazine rings is 1. The third-order valence-electron chi connectivity index (χ3n) is 4.86. The molecule has 1 heterocycles. The molecule has 1 aromatic carbocycles. The summed E-state index contributed by atoms with van der Waals surface area (Å²) >= 11 is 0. The van der Waals surface area contributed by atoms with E-state index >= 15 is 0 Å². The molecule has 1 amide bonds. The summed E-state index contributed by atoms with van der Waals surface area (Å²) in [6.07, 6.45) is 1.21. The van der Waals surface area contributed by atoms with E-state index in [0.717, 1.165) is 0 Å². The highest BCUT2D eigenvalue weighted by Gasteiger charge is 2.26. The highest BCUT2D eigenvalue weighted by Crippen LogP contribution is 2.18. The van der Waals surface area contributed by atoms with Crippen LogP contribution in [0.1, 0.15) is 24.2 Å². The summed E-state index contributed by atoms with van der Waals surface area (Å²) in [6, 6.07) is 6.16. The molecular formula is C18H29N3O5S2. The molecule has 1 aliphatic heterocycles. The van der Waals surface area contributed by atoms with Gasteiger partial charge in [-0.2, -0.15) is 4.31 Å². The monoisotopic (exact) mass is 431 g/mol. The maximum atomic E-state index is 12.8. The molecule has 0 N–H and O–H groups in total. The molecule has 0 unspecified atom stereocenters. The van der Waals surface area contributed by atoms with Crippen LogP contribution in [-0.4, -0.2) is 94.7 Å². The number of benzene rings is 1. The van der Waals surface area contributed by atoms with Crippen LogP contribution in [0.2, 0.25) is 0 Å². The zero-order valence-corrected chi connectivity index (χ0v) is 18.3. The Morgan fingerprint density at radius 1 is 1.04 bits per heavy atom. The first kappa shape index (κ1) is 22.8. The fraction of sp³-hybridized carbons (Fsp3) is 0.611. The normalized spacial score (nSPS) is 16.5. The average Bonchev–Trinajstić information content (AvgIpc) is 2.66. The lowest BCUT2D eigenvalue weighted by atomic mass is 10.2. The number of sulfonamides is 1. The van der Waals surface area contributed by atoms with Crippen molar-refractivity contribution in [3.8, 4) is 0 Å². The van der Waals surface area contributed by atoms with Crippen LogP contribution < -0.4 is 0 Å². The van der Waals surface area contributed by atoms with Gasteiger partial charge in [-0.1, -0.05) is 19.9 Å². The predicted molar refractivity (Wildman–Crippen MR) is 109 cm³/mol. The number of nitrogens with zero attached hydrogens (tertiary/aromatic N) is 3. The summed E-state index contributed by atoms with van der Waals surface area (Å²) in [5.41, 5.74) is 0.345. The van der Waals surface area contributed by atoms with E-state index in [1.165, 1.54) is 22.7 Å². The largest absolute Gasteiger partial charge is 0.336 e. The van der Waals surface area contributed by atoms with E-state index < -0.39 is 19.9 Å². The minimum atomic E-state index is -3.62. The zero-order valence-electron chi connectivity index (χ0n) is 16.7. The Bertz CT molecular complexity index is 888. The molecular weight excluding hydrogens is 402 g/mol. The fourth-order valence-corrected chi connectivity index (χ4v) is 5.25. The van der Waals surface area contributed by atoms with Crippen molar-refractivity contribution in [3.63, 3.8) is 0 Å². The molecule has 1 aliphatic rings. The van der Waals surface area contributed by atoms with Gasteiger partial charge in [0, 0.05) is 57.6 Å². The van der Waals surface area contributed by atoms with E-state index in [1.807, 2.05) is 4.90 Å². The van der Waals surface area contributed by atoms with Crippen molar-refractivity contribution in [2.45, 2.75) is 18.7 Å². The van der Waals surface area contributed by atoms with Crippen LogP contribution in [0.25, 0.3) is 0 Å². The van der Waals surface area contributed by atoms with E-state index in [1.54, 1.807) is 30.9 Å². The minimum absolute atomic E-state index is 0.103. The summed E-state index contributed by atoms with van der Waals surface area (Å²) in [6.45, 7) is 6.90. The number of hydrogen-bond acceptors (Lipinski definition) is 6. The molecule has 28 heavy (non-hydrogen) atoms. The van der Waals surface area contributed by atoms with Gasteiger partial charge in [0.15, 0.2) is 0 Å². The Morgan fingerprint density at radius 3 is 2.18 bits per heavy atom. The van der Waals surface area contributed by atoms with Gasteiger partial charge < -0.3 is 4.90 Å². The highest BCUT2D eigenvalue weighted by atomic mass is 32.2. The quantitative estimate of drug-likeness (QED) is 0.596. The van der Waals surface area contributed by atoms with Crippen LogP contribution in [0, 0.1) is 0 Å². The zero-order chi connectivity index (χ0) is 20.9. The minimum Gasteiger partial charge on any atom is -0.336 e. The maximum Gasteiger partial charge on any atom is 0.253 e. The standard InChI is InChI=1S/C18H29N3O5S2/c1-4-21(5-2)28(25,26)17-8-6-7-16(15-17)18(22)20-11-9-19(10-12-20)13-14-27(3,23)24/h6-8,15H,4-5,9-14H2,1-3H3. The van der Waals surface area contributed by atoms with Crippen LogP contribution in [-0.2, 0) is 19.9 Å². The van der Waals surface area contributed by atoms with Crippen LogP contribution >= 0.6 is 0 Å². The highest BCUT2D eigenvalue weighted by molar-refractivity contribution is 7.90. The summed E-state index contributed by atoms with van der Waals surface area (Å²) in [7, 11) is -6.63. The molecule has 0 bridgehead atoms. The summed E-state index contributed by atoms with van der Waals surface area (Å²) in [5.74, 6) is -0.106. The van der Waals surface area contributed by atoms with Gasteiger partial charge in [0.1, 0.15) is 9.84 Å². The van der Waals surface area contributed by atoms with E-state index in [0.29, 0.717) is 51.4 Å². The van der Waals surface area contributed by atoms with Gasteiger partial charge in [-0.25, -0.2) is 16.8 Å². The number of hydrogen-bond donors (Lipinski definition) is 0. The second-order valence-electron chi connectivity index (χ2n) is 6.88. The number of carbonyl (C=O) groups is 1. The average molecular weight is 432 g/mol. The van der Waals surface area contributed by atoms with Crippen LogP contribution in [0.5, 0.6) is 0 Å². The van der Waals surface area contributed by atoms with Crippen molar-refractivity contribution >= 4 is 25.8 Å². The van der Waals surface area contributed by atoms with E-state index in [2.05, 4.69) is 0 Å². The van der Waals surface area contributed by atoms with Gasteiger partial charge in [0.05, 0.1) is 10.6 Å². The Labute approximate surface area is 168 Å². The fourth-order valence-electron chi connectivity index (χ4n) is 3.15. The van der Waals surface area contributed by atoms with Crippen molar-refractivity contribution in [1.82, 2.24) is 14.1 Å². The molecule has 8 nitrogen and oxygen atoms in total. The molecule has 0 saturated carbocycles. The number of amides is 1. The topological polar surface area (TPSA) is 95.1 Å². The van der Waals surface area contributed by atoms with Crippen molar-refractivity contribution in [2.75, 3.05) is 57.8 Å². The number of rotatable bonds is 8. The van der Waals surface area contributed by atoms with Gasteiger partial charge in [-0.05, 0) is 18.2 Å². The molecule has 10 heteroatoms. The van der Waals surface area contributed by atoms with Crippen LogP contribution in [0.15, 0.2) is 29.2 Å². The lowest BCUT2D eigenvalue weighted by Gasteiger charge is -2.34. The molecule has 2 rings (SSSR count). The second kappa shape index (κ2) is 9.34. The van der Waals surface area contributed by atoms with Crippen LogP contribution in [0.4, 0.5) is 0 Å². The third-order valence-corrected chi connectivity index (χ3v) is 7.83. The molecule has 158 valence electrons. The first-order chi connectivity index (χ1) is 13.1.